The number of ether oxygens (including phenoxy) is 1. The van der Waals surface area contributed by atoms with E-state index >= 15 is 0 Å². The van der Waals surface area contributed by atoms with Crippen molar-refractivity contribution in [3.05, 3.63) is 54.1 Å². The second kappa shape index (κ2) is 8.71. The molecule has 2 aromatic carbocycles. The summed E-state index contributed by atoms with van der Waals surface area (Å²) in [5.41, 5.74) is 1.19. The molecule has 32 heavy (non-hydrogen) atoms. The van der Waals surface area contributed by atoms with Gasteiger partial charge in [0.15, 0.2) is 0 Å². The maximum Gasteiger partial charge on any atom is 0.339 e. The highest BCUT2D eigenvalue weighted by Crippen LogP contribution is 2.33. The fourth-order valence-corrected chi connectivity index (χ4v) is 5.75. The van der Waals surface area contributed by atoms with Crippen LogP contribution in [0.1, 0.15) is 23.2 Å². The zero-order valence-electron chi connectivity index (χ0n) is 17.5. The summed E-state index contributed by atoms with van der Waals surface area (Å²) >= 11 is 0. The molecule has 1 saturated heterocycles. The first kappa shape index (κ1) is 22.0. The van der Waals surface area contributed by atoms with Gasteiger partial charge in [-0.1, -0.05) is 24.3 Å². The highest BCUT2D eigenvalue weighted by atomic mass is 32.2. The average molecular weight is 458 g/mol. The lowest BCUT2D eigenvalue weighted by atomic mass is 9.95. The van der Waals surface area contributed by atoms with Crippen molar-refractivity contribution in [3.8, 4) is 0 Å². The van der Waals surface area contributed by atoms with Crippen molar-refractivity contribution in [2.24, 2.45) is 5.92 Å². The highest BCUT2D eigenvalue weighted by molar-refractivity contribution is 7.89. The molecule has 2 aliphatic rings. The fraction of sp³-hybridized carbons (Fsp3) is 0.318. The van der Waals surface area contributed by atoms with Gasteiger partial charge in [-0.25, -0.2) is 13.2 Å². The van der Waals surface area contributed by atoms with E-state index in [0.29, 0.717) is 24.2 Å². The van der Waals surface area contributed by atoms with Crippen molar-refractivity contribution >= 4 is 39.2 Å². The quantitative estimate of drug-likeness (QED) is 0.702. The van der Waals surface area contributed by atoms with Crippen LogP contribution in [-0.4, -0.2) is 57.3 Å². The van der Waals surface area contributed by atoms with Crippen molar-refractivity contribution in [2.45, 2.75) is 17.7 Å². The van der Waals surface area contributed by atoms with Gasteiger partial charge in [0.1, 0.15) is 6.54 Å². The van der Waals surface area contributed by atoms with Crippen LogP contribution in [-0.2, 0) is 24.3 Å². The van der Waals surface area contributed by atoms with Gasteiger partial charge in [0.25, 0.3) is 0 Å². The summed E-state index contributed by atoms with van der Waals surface area (Å²) in [6.45, 7) is 0.201. The van der Waals surface area contributed by atoms with E-state index in [0.717, 1.165) is 0 Å². The number of esters is 1. The number of hydrogen-bond donors (Lipinski definition) is 1. The predicted octanol–water partition coefficient (Wildman–Crippen LogP) is 1.86. The molecule has 0 atom stereocenters. The van der Waals surface area contributed by atoms with Gasteiger partial charge < -0.3 is 15.0 Å². The lowest BCUT2D eigenvalue weighted by Crippen LogP contribution is -2.48. The Labute approximate surface area is 186 Å². The van der Waals surface area contributed by atoms with Gasteiger partial charge in [0.05, 0.1) is 28.9 Å². The minimum atomic E-state index is -3.94. The zero-order chi connectivity index (χ0) is 22.9. The van der Waals surface area contributed by atoms with Gasteiger partial charge in [-0.05, 0) is 37.1 Å². The van der Waals surface area contributed by atoms with E-state index in [2.05, 4.69) is 5.32 Å². The third-order valence-electron chi connectivity index (χ3n) is 5.75. The number of amides is 2. The van der Waals surface area contributed by atoms with Crippen LogP contribution in [0.3, 0.4) is 0 Å². The first-order valence-electron chi connectivity index (χ1n) is 10.2. The Hall–Kier alpha value is -3.24. The summed E-state index contributed by atoms with van der Waals surface area (Å²) in [7, 11) is -2.74. The van der Waals surface area contributed by atoms with E-state index in [1.54, 1.807) is 36.4 Å². The number of carbonyl (C=O) groups is 3. The number of anilines is 2. The lowest BCUT2D eigenvalue weighted by molar-refractivity contribution is -0.125. The molecule has 9 nitrogen and oxygen atoms in total. The Morgan fingerprint density at radius 1 is 1.03 bits per heavy atom. The highest BCUT2D eigenvalue weighted by Gasteiger charge is 2.37. The minimum Gasteiger partial charge on any atom is -0.465 e. The molecule has 0 aliphatic carbocycles. The number of methoxy groups -OCH3 is 1. The smallest absolute Gasteiger partial charge is 0.339 e. The maximum absolute atomic E-state index is 13.2. The van der Waals surface area contributed by atoms with Gasteiger partial charge in [-0.2, -0.15) is 4.31 Å². The number of nitrogens with one attached hydrogen (secondary N) is 1. The number of piperidine rings is 1. The number of benzene rings is 2. The summed E-state index contributed by atoms with van der Waals surface area (Å²) in [4.78, 5) is 38.6. The van der Waals surface area contributed by atoms with Crippen molar-refractivity contribution in [1.82, 2.24) is 4.31 Å². The molecule has 2 aliphatic heterocycles. The van der Waals surface area contributed by atoms with Crippen LogP contribution in [0.2, 0.25) is 0 Å². The summed E-state index contributed by atoms with van der Waals surface area (Å²) in [6, 6.07) is 13.0. The summed E-state index contributed by atoms with van der Waals surface area (Å²) in [5, 5.41) is 2.75. The monoisotopic (exact) mass is 457 g/mol. The van der Waals surface area contributed by atoms with Crippen LogP contribution in [0.4, 0.5) is 11.4 Å². The number of fused-ring (bicyclic) bond motifs is 1. The van der Waals surface area contributed by atoms with Crippen LogP contribution in [0.5, 0.6) is 0 Å². The first-order valence-corrected chi connectivity index (χ1v) is 11.6. The Bertz CT molecular complexity index is 1170. The Balaban J connectivity index is 1.50. The van der Waals surface area contributed by atoms with Crippen molar-refractivity contribution in [2.75, 3.05) is 37.0 Å². The van der Waals surface area contributed by atoms with Gasteiger partial charge in [0, 0.05) is 19.0 Å². The minimum absolute atomic E-state index is 0.0239. The molecular weight excluding hydrogens is 434 g/mol. The second-order valence-electron chi connectivity index (χ2n) is 7.66. The second-order valence-corrected chi connectivity index (χ2v) is 9.56. The van der Waals surface area contributed by atoms with Gasteiger partial charge in [0.2, 0.25) is 21.8 Å². The molecule has 0 unspecified atom stereocenters. The van der Waals surface area contributed by atoms with Crippen molar-refractivity contribution in [3.63, 3.8) is 0 Å². The molecule has 2 amide bonds. The van der Waals surface area contributed by atoms with Crippen molar-refractivity contribution < 1.29 is 27.5 Å². The molecule has 10 heteroatoms. The topological polar surface area (TPSA) is 113 Å². The van der Waals surface area contributed by atoms with Gasteiger partial charge in [-0.3, -0.25) is 9.59 Å². The van der Waals surface area contributed by atoms with E-state index in [1.165, 1.54) is 28.4 Å². The molecule has 0 aromatic heterocycles. The number of sulfonamides is 1. The third-order valence-corrected chi connectivity index (χ3v) is 7.71. The summed E-state index contributed by atoms with van der Waals surface area (Å²) in [6.07, 6.45) is 0.636. The Kier molecular flexibility index (Phi) is 5.98. The zero-order valence-corrected chi connectivity index (χ0v) is 18.3. The number of carbonyl (C=O) groups excluding carboxylic acids is 3. The van der Waals surface area contributed by atoms with Gasteiger partial charge >= 0.3 is 5.97 Å². The van der Waals surface area contributed by atoms with E-state index < -0.39 is 21.9 Å². The third kappa shape index (κ3) is 3.98. The maximum atomic E-state index is 13.2. The molecule has 0 spiro atoms. The Morgan fingerprint density at radius 3 is 2.41 bits per heavy atom. The largest absolute Gasteiger partial charge is 0.465 e. The average Bonchev–Trinajstić information content (AvgIpc) is 2.82. The molecule has 2 heterocycles. The van der Waals surface area contributed by atoms with E-state index in [-0.39, 0.29) is 41.9 Å². The van der Waals surface area contributed by atoms with Crippen LogP contribution in [0, 0.1) is 5.92 Å². The standard InChI is InChI=1S/C22H23N3O6S/c1-31-22(28)16-6-2-5-9-19(16)32(29,30)24-12-10-15(11-13-24)21(27)25-14-20(26)23-17-7-3-4-8-18(17)25/h2-9,15H,10-14H2,1H3,(H,23,26). The number of rotatable bonds is 4. The lowest BCUT2D eigenvalue weighted by Gasteiger charge is -2.35. The number of hydrogen-bond acceptors (Lipinski definition) is 6. The first-order chi connectivity index (χ1) is 15.3. The van der Waals surface area contributed by atoms with Crippen LogP contribution in [0.15, 0.2) is 53.4 Å². The molecule has 2 aromatic rings. The molecule has 4 rings (SSSR count). The molecule has 168 valence electrons. The van der Waals surface area contributed by atoms with E-state index in [4.69, 9.17) is 4.74 Å². The summed E-state index contributed by atoms with van der Waals surface area (Å²) in [5.74, 6) is -1.59. The molecule has 0 radical (unpaired) electrons. The van der Waals surface area contributed by atoms with Crippen LogP contribution in [0.25, 0.3) is 0 Å². The molecule has 0 bridgehead atoms. The summed E-state index contributed by atoms with van der Waals surface area (Å²) < 4.78 is 32.4. The van der Waals surface area contributed by atoms with Crippen LogP contribution >= 0.6 is 0 Å². The van der Waals surface area contributed by atoms with E-state index in [1.807, 2.05) is 0 Å². The predicted molar refractivity (Wildman–Crippen MR) is 117 cm³/mol. The fourth-order valence-electron chi connectivity index (χ4n) is 4.10. The Morgan fingerprint density at radius 2 is 1.69 bits per heavy atom. The molecular formula is C22H23N3O6S. The van der Waals surface area contributed by atoms with Crippen LogP contribution < -0.4 is 10.2 Å². The van der Waals surface area contributed by atoms with Gasteiger partial charge in [-0.15, -0.1) is 0 Å². The molecule has 0 saturated carbocycles. The SMILES string of the molecule is COC(=O)c1ccccc1S(=O)(=O)N1CCC(C(=O)N2CC(=O)Nc3ccccc32)CC1. The van der Waals surface area contributed by atoms with Crippen molar-refractivity contribution in [1.29, 1.82) is 0 Å². The van der Waals surface area contributed by atoms with E-state index in [9.17, 15) is 22.8 Å². The molecule has 1 N–H and O–H groups in total. The normalized spacial score (nSPS) is 17.4. The number of nitrogens with zero attached hydrogens (tertiary/aromatic N) is 2. The number of para-hydroxylation sites is 2. The molecule has 1 fully saturated rings.